The molecule has 0 aliphatic carbocycles. The highest BCUT2D eigenvalue weighted by Crippen LogP contribution is 2.16. The molecule has 1 aromatic carbocycles. The van der Waals surface area contributed by atoms with Gasteiger partial charge in [0.1, 0.15) is 0 Å². The molecule has 0 unspecified atom stereocenters. The summed E-state index contributed by atoms with van der Waals surface area (Å²) in [7, 11) is 0. The van der Waals surface area contributed by atoms with Crippen LogP contribution in [0, 0.1) is 13.8 Å². The zero-order chi connectivity index (χ0) is 10.6. The lowest BCUT2D eigenvalue weighted by atomic mass is 10.1. The Morgan fingerprint density at radius 2 is 1.64 bits per heavy atom. The van der Waals surface area contributed by atoms with E-state index in [1.165, 1.54) is 16.5 Å². The van der Waals surface area contributed by atoms with Gasteiger partial charge in [-0.1, -0.05) is 19.9 Å². The minimum atomic E-state index is 1.08. The molecule has 0 aliphatic rings. The minimum absolute atomic E-state index is 1.08. The van der Waals surface area contributed by atoms with Crippen LogP contribution in [-0.4, -0.2) is 4.98 Å². The Bertz CT molecular complexity index is 378. The lowest BCUT2D eigenvalue weighted by molar-refractivity contribution is 1.33. The summed E-state index contributed by atoms with van der Waals surface area (Å²) in [5.41, 5.74) is 3.72. The summed E-state index contributed by atoms with van der Waals surface area (Å²) < 4.78 is 0. The molecule has 1 aromatic heterocycles. The van der Waals surface area contributed by atoms with Crippen LogP contribution >= 0.6 is 0 Å². The highest BCUT2D eigenvalue weighted by atomic mass is 14.6. The average molecular weight is 187 g/mol. The third-order valence-electron chi connectivity index (χ3n) is 2.22. The van der Waals surface area contributed by atoms with E-state index < -0.39 is 0 Å². The Morgan fingerprint density at radius 3 is 2.36 bits per heavy atom. The van der Waals surface area contributed by atoms with E-state index in [-0.39, 0.29) is 0 Å². The van der Waals surface area contributed by atoms with Crippen molar-refractivity contribution in [1.82, 2.24) is 4.98 Å². The van der Waals surface area contributed by atoms with E-state index in [9.17, 15) is 0 Å². The number of aromatic nitrogens is 1. The van der Waals surface area contributed by atoms with Gasteiger partial charge < -0.3 is 0 Å². The molecule has 74 valence electrons. The molecule has 1 nitrogen and oxygen atoms in total. The number of fused-ring (bicyclic) bond motifs is 1. The first kappa shape index (κ1) is 10.7. The number of benzene rings is 1. The third-order valence-corrected chi connectivity index (χ3v) is 2.22. The molecule has 1 heteroatoms. The van der Waals surface area contributed by atoms with Crippen LogP contribution in [0.15, 0.2) is 30.5 Å². The van der Waals surface area contributed by atoms with Crippen LogP contribution < -0.4 is 0 Å². The van der Waals surface area contributed by atoms with Gasteiger partial charge in [-0.3, -0.25) is 4.98 Å². The zero-order valence-corrected chi connectivity index (χ0v) is 9.33. The lowest BCUT2D eigenvalue weighted by Crippen LogP contribution is -1.83. The van der Waals surface area contributed by atoms with Crippen molar-refractivity contribution < 1.29 is 0 Å². The van der Waals surface area contributed by atoms with Crippen LogP contribution in [0.2, 0.25) is 0 Å². The minimum Gasteiger partial charge on any atom is -0.256 e. The van der Waals surface area contributed by atoms with Gasteiger partial charge in [0.15, 0.2) is 0 Å². The van der Waals surface area contributed by atoms with Gasteiger partial charge in [-0.15, -0.1) is 0 Å². The fourth-order valence-corrected chi connectivity index (χ4v) is 1.34. The van der Waals surface area contributed by atoms with E-state index in [0.29, 0.717) is 0 Å². The molecule has 14 heavy (non-hydrogen) atoms. The molecule has 0 amide bonds. The molecule has 1 heterocycles. The quantitative estimate of drug-likeness (QED) is 0.610. The number of nitrogens with zero attached hydrogens (tertiary/aromatic N) is 1. The van der Waals surface area contributed by atoms with Gasteiger partial charge in [0.25, 0.3) is 0 Å². The highest BCUT2D eigenvalue weighted by Gasteiger charge is 1.96. The van der Waals surface area contributed by atoms with Gasteiger partial charge in [0, 0.05) is 11.6 Å². The SMILES string of the molecule is CC.Cc1cc2cccnc2cc1C. The number of pyridine rings is 1. The van der Waals surface area contributed by atoms with E-state index >= 15 is 0 Å². The topological polar surface area (TPSA) is 12.9 Å². The number of rotatable bonds is 0. The van der Waals surface area contributed by atoms with Crippen molar-refractivity contribution in [2.24, 2.45) is 0 Å². The predicted molar refractivity (Wildman–Crippen MR) is 62.6 cm³/mol. The van der Waals surface area contributed by atoms with Gasteiger partial charge in [-0.05, 0) is 43.2 Å². The summed E-state index contributed by atoms with van der Waals surface area (Å²) in [6, 6.07) is 8.37. The molecule has 0 radical (unpaired) electrons. The monoisotopic (exact) mass is 187 g/mol. The average Bonchev–Trinajstić information content (AvgIpc) is 2.23. The van der Waals surface area contributed by atoms with E-state index in [4.69, 9.17) is 0 Å². The molecule has 0 spiro atoms. The Kier molecular flexibility index (Phi) is 3.63. The summed E-state index contributed by atoms with van der Waals surface area (Å²) in [5.74, 6) is 0. The molecular weight excluding hydrogens is 170 g/mol. The van der Waals surface area contributed by atoms with Gasteiger partial charge in [0.05, 0.1) is 5.52 Å². The van der Waals surface area contributed by atoms with Crippen LogP contribution in [0.1, 0.15) is 25.0 Å². The second-order valence-corrected chi connectivity index (χ2v) is 3.13. The third kappa shape index (κ3) is 2.11. The Morgan fingerprint density at radius 1 is 1.00 bits per heavy atom. The maximum absolute atomic E-state index is 4.28. The van der Waals surface area contributed by atoms with Gasteiger partial charge in [-0.2, -0.15) is 0 Å². The van der Waals surface area contributed by atoms with Crippen molar-refractivity contribution in [2.75, 3.05) is 0 Å². The number of aryl methyl sites for hydroxylation is 2. The fraction of sp³-hybridized carbons (Fsp3) is 0.308. The highest BCUT2D eigenvalue weighted by molar-refractivity contribution is 5.79. The number of hydrogen-bond donors (Lipinski definition) is 0. The maximum Gasteiger partial charge on any atom is 0.0704 e. The molecule has 0 atom stereocenters. The van der Waals surface area contributed by atoms with Gasteiger partial charge in [0.2, 0.25) is 0 Å². The fourth-order valence-electron chi connectivity index (χ4n) is 1.34. The van der Waals surface area contributed by atoms with E-state index in [1.807, 2.05) is 26.1 Å². The molecule has 0 saturated carbocycles. The largest absolute Gasteiger partial charge is 0.256 e. The molecule has 0 N–H and O–H groups in total. The summed E-state index contributed by atoms with van der Waals surface area (Å²) in [6.45, 7) is 8.24. The van der Waals surface area contributed by atoms with E-state index in [1.54, 1.807) is 0 Å². The van der Waals surface area contributed by atoms with E-state index in [0.717, 1.165) is 5.52 Å². The van der Waals surface area contributed by atoms with Crippen LogP contribution in [0.25, 0.3) is 10.9 Å². The molecule has 0 bridgehead atoms. The predicted octanol–water partition coefficient (Wildman–Crippen LogP) is 3.88. The van der Waals surface area contributed by atoms with Crippen LogP contribution in [0.5, 0.6) is 0 Å². The van der Waals surface area contributed by atoms with Crippen molar-refractivity contribution in [3.05, 3.63) is 41.6 Å². The van der Waals surface area contributed by atoms with Crippen molar-refractivity contribution >= 4 is 10.9 Å². The smallest absolute Gasteiger partial charge is 0.0704 e. The second-order valence-electron chi connectivity index (χ2n) is 3.13. The number of hydrogen-bond acceptors (Lipinski definition) is 1. The first-order valence-electron chi connectivity index (χ1n) is 5.09. The normalized spacial score (nSPS) is 9.43. The van der Waals surface area contributed by atoms with Crippen LogP contribution in [0.4, 0.5) is 0 Å². The molecule has 2 aromatic rings. The molecule has 0 fully saturated rings. The van der Waals surface area contributed by atoms with Crippen LogP contribution in [0.3, 0.4) is 0 Å². The van der Waals surface area contributed by atoms with Crippen molar-refractivity contribution in [3.8, 4) is 0 Å². The zero-order valence-electron chi connectivity index (χ0n) is 9.33. The van der Waals surface area contributed by atoms with E-state index in [2.05, 4.69) is 37.0 Å². The lowest BCUT2D eigenvalue weighted by Gasteiger charge is -2.01. The molecule has 0 saturated heterocycles. The van der Waals surface area contributed by atoms with Gasteiger partial charge >= 0.3 is 0 Å². The van der Waals surface area contributed by atoms with Gasteiger partial charge in [-0.25, -0.2) is 0 Å². The molecule has 2 rings (SSSR count). The van der Waals surface area contributed by atoms with Crippen LogP contribution in [-0.2, 0) is 0 Å². The first-order valence-corrected chi connectivity index (χ1v) is 5.09. The second kappa shape index (κ2) is 4.75. The summed E-state index contributed by atoms with van der Waals surface area (Å²) in [6.07, 6.45) is 1.83. The molecule has 0 aliphatic heterocycles. The van der Waals surface area contributed by atoms with Crippen molar-refractivity contribution in [1.29, 1.82) is 0 Å². The molecular formula is C13H17N. The summed E-state index contributed by atoms with van der Waals surface area (Å²) >= 11 is 0. The Hall–Kier alpha value is -1.37. The Labute approximate surface area is 85.8 Å². The van der Waals surface area contributed by atoms with Crippen molar-refractivity contribution in [3.63, 3.8) is 0 Å². The Balaban J connectivity index is 0.000000461. The summed E-state index contributed by atoms with van der Waals surface area (Å²) in [5, 5.41) is 1.22. The van der Waals surface area contributed by atoms with Crippen molar-refractivity contribution in [2.45, 2.75) is 27.7 Å². The first-order chi connectivity index (χ1) is 6.77. The summed E-state index contributed by atoms with van der Waals surface area (Å²) in [4.78, 5) is 4.28. The maximum atomic E-state index is 4.28. The standard InChI is InChI=1S/C11H11N.C2H6/c1-8-6-10-4-3-5-12-11(10)7-9(8)2;1-2/h3-7H,1-2H3;1-2H3.